The maximum atomic E-state index is 6.27. The van der Waals surface area contributed by atoms with Gasteiger partial charge in [0, 0.05) is 7.05 Å². The Bertz CT molecular complexity index is 574. The van der Waals surface area contributed by atoms with Gasteiger partial charge in [-0.3, -0.25) is 4.68 Å². The van der Waals surface area contributed by atoms with Crippen LogP contribution in [0.3, 0.4) is 0 Å². The molecule has 2 N–H and O–H groups in total. The fourth-order valence-corrected chi connectivity index (χ4v) is 2.60. The zero-order chi connectivity index (χ0) is 12.7. The fourth-order valence-electron chi connectivity index (χ4n) is 2.31. The summed E-state index contributed by atoms with van der Waals surface area (Å²) >= 11 is 6.12. The summed E-state index contributed by atoms with van der Waals surface area (Å²) < 4.78 is 7.12. The van der Waals surface area contributed by atoms with Gasteiger partial charge in [0.05, 0.1) is 36.2 Å². The first-order valence-corrected chi connectivity index (χ1v) is 6.17. The number of nitrogens with zero attached hydrogens (tertiary/aromatic N) is 2. The molecule has 0 radical (unpaired) electrons. The number of hydrogen-bond acceptors (Lipinski definition) is 3. The topological polar surface area (TPSA) is 53.1 Å². The quantitative estimate of drug-likeness (QED) is 0.903. The van der Waals surface area contributed by atoms with Crippen LogP contribution in [0.25, 0.3) is 0 Å². The van der Waals surface area contributed by atoms with Crippen LogP contribution in [0.1, 0.15) is 28.4 Å². The molecule has 0 spiro atoms. The Kier molecular flexibility index (Phi) is 2.86. The van der Waals surface area contributed by atoms with E-state index in [-0.39, 0.29) is 6.04 Å². The number of fused-ring (bicyclic) bond motifs is 1. The number of nitrogens with two attached hydrogens (primary N) is 1. The fraction of sp³-hybridized carbons (Fsp3) is 0.308. The molecule has 3 rings (SSSR count). The number of aromatic nitrogens is 2. The van der Waals surface area contributed by atoms with Crippen molar-refractivity contribution in [2.75, 3.05) is 0 Å². The molecule has 18 heavy (non-hydrogen) atoms. The number of halogens is 1. The summed E-state index contributed by atoms with van der Waals surface area (Å²) in [6.07, 6.45) is 1.62. The maximum Gasteiger partial charge on any atom is 0.0837 e. The number of rotatable bonds is 2. The molecule has 0 saturated carbocycles. The van der Waals surface area contributed by atoms with Crippen LogP contribution in [-0.2, 0) is 25.0 Å². The van der Waals surface area contributed by atoms with Gasteiger partial charge in [0.1, 0.15) is 0 Å². The van der Waals surface area contributed by atoms with Crippen LogP contribution in [0.5, 0.6) is 0 Å². The van der Waals surface area contributed by atoms with Crippen LogP contribution in [0.4, 0.5) is 0 Å². The molecule has 1 aromatic carbocycles. The van der Waals surface area contributed by atoms with Crippen molar-refractivity contribution in [3.05, 3.63) is 51.8 Å². The predicted molar refractivity (Wildman–Crippen MR) is 69.2 cm³/mol. The van der Waals surface area contributed by atoms with Gasteiger partial charge >= 0.3 is 0 Å². The van der Waals surface area contributed by atoms with Crippen LogP contribution in [0.2, 0.25) is 5.02 Å². The van der Waals surface area contributed by atoms with Crippen LogP contribution >= 0.6 is 11.6 Å². The summed E-state index contributed by atoms with van der Waals surface area (Å²) in [5.41, 5.74) is 10.6. The molecular formula is C13H14ClN3O. The van der Waals surface area contributed by atoms with Crippen molar-refractivity contribution in [3.63, 3.8) is 0 Å². The van der Waals surface area contributed by atoms with E-state index in [1.54, 1.807) is 10.9 Å². The van der Waals surface area contributed by atoms with Crippen molar-refractivity contribution in [2.24, 2.45) is 12.8 Å². The van der Waals surface area contributed by atoms with Crippen LogP contribution in [0, 0.1) is 0 Å². The molecule has 4 nitrogen and oxygen atoms in total. The molecule has 1 aliphatic rings. The SMILES string of the molecule is Cn1ncc(Cl)c1C(N)c1ccc2c(c1)COC2. The van der Waals surface area contributed by atoms with E-state index in [2.05, 4.69) is 17.2 Å². The first-order valence-electron chi connectivity index (χ1n) is 5.79. The lowest BCUT2D eigenvalue weighted by Crippen LogP contribution is -2.16. The molecule has 1 atom stereocenters. The average molecular weight is 264 g/mol. The Morgan fingerprint density at radius 2 is 2.17 bits per heavy atom. The van der Waals surface area contributed by atoms with Gasteiger partial charge in [-0.25, -0.2) is 0 Å². The van der Waals surface area contributed by atoms with Crippen molar-refractivity contribution in [3.8, 4) is 0 Å². The Morgan fingerprint density at radius 3 is 2.89 bits per heavy atom. The van der Waals surface area contributed by atoms with Gasteiger partial charge in [-0.15, -0.1) is 0 Å². The monoisotopic (exact) mass is 263 g/mol. The minimum Gasteiger partial charge on any atom is -0.372 e. The molecule has 2 heterocycles. The molecule has 0 fully saturated rings. The molecule has 0 bridgehead atoms. The Morgan fingerprint density at radius 1 is 1.39 bits per heavy atom. The second kappa shape index (κ2) is 4.39. The number of ether oxygens (including phenoxy) is 1. The van der Waals surface area contributed by atoms with Gasteiger partial charge in [-0.2, -0.15) is 5.10 Å². The van der Waals surface area contributed by atoms with Crippen LogP contribution < -0.4 is 5.73 Å². The van der Waals surface area contributed by atoms with Crippen molar-refractivity contribution in [2.45, 2.75) is 19.3 Å². The molecule has 5 heteroatoms. The Hall–Kier alpha value is -1.36. The molecule has 0 aliphatic carbocycles. The first-order chi connectivity index (χ1) is 8.66. The summed E-state index contributed by atoms with van der Waals surface area (Å²) in [7, 11) is 1.84. The highest BCUT2D eigenvalue weighted by molar-refractivity contribution is 6.31. The molecule has 2 aromatic rings. The molecular weight excluding hydrogens is 250 g/mol. The molecule has 0 amide bonds. The minimum atomic E-state index is -0.268. The highest BCUT2D eigenvalue weighted by atomic mass is 35.5. The largest absolute Gasteiger partial charge is 0.372 e. The molecule has 1 aliphatic heterocycles. The van der Waals surface area contributed by atoms with E-state index in [0.717, 1.165) is 11.3 Å². The highest BCUT2D eigenvalue weighted by Gasteiger charge is 2.19. The summed E-state index contributed by atoms with van der Waals surface area (Å²) in [5.74, 6) is 0. The average Bonchev–Trinajstić information content (AvgIpc) is 2.94. The van der Waals surface area contributed by atoms with Crippen LogP contribution in [-0.4, -0.2) is 9.78 Å². The third kappa shape index (κ3) is 1.82. The number of aryl methyl sites for hydroxylation is 1. The number of benzene rings is 1. The van der Waals surface area contributed by atoms with Gasteiger partial charge in [0.2, 0.25) is 0 Å². The van der Waals surface area contributed by atoms with Gasteiger partial charge in [-0.05, 0) is 16.7 Å². The van der Waals surface area contributed by atoms with Gasteiger partial charge in [0.15, 0.2) is 0 Å². The Labute approximate surface area is 110 Å². The Balaban J connectivity index is 2.00. The molecule has 0 saturated heterocycles. The van der Waals surface area contributed by atoms with E-state index in [1.165, 1.54) is 11.1 Å². The van der Waals surface area contributed by atoms with E-state index < -0.39 is 0 Å². The summed E-state index contributed by atoms with van der Waals surface area (Å²) in [6.45, 7) is 1.35. The summed E-state index contributed by atoms with van der Waals surface area (Å²) in [6, 6.07) is 5.93. The van der Waals surface area contributed by atoms with E-state index >= 15 is 0 Å². The second-order valence-electron chi connectivity index (χ2n) is 4.50. The normalized spacial score (nSPS) is 15.7. The number of hydrogen-bond donors (Lipinski definition) is 1. The lowest BCUT2D eigenvalue weighted by molar-refractivity contribution is 0.134. The maximum absolute atomic E-state index is 6.27. The molecule has 94 valence electrons. The lowest BCUT2D eigenvalue weighted by atomic mass is 9.99. The standard InChI is InChI=1S/C13H14ClN3O/c1-17-13(11(14)5-16-17)12(15)8-2-3-9-6-18-7-10(9)4-8/h2-5,12H,6-7,15H2,1H3. The first kappa shape index (κ1) is 11.7. The third-order valence-electron chi connectivity index (χ3n) is 3.34. The van der Waals surface area contributed by atoms with Crippen molar-refractivity contribution >= 4 is 11.6 Å². The lowest BCUT2D eigenvalue weighted by Gasteiger charge is -2.14. The van der Waals surface area contributed by atoms with Gasteiger partial charge in [0.25, 0.3) is 0 Å². The van der Waals surface area contributed by atoms with E-state index in [0.29, 0.717) is 18.2 Å². The van der Waals surface area contributed by atoms with E-state index in [1.807, 2.05) is 13.1 Å². The highest BCUT2D eigenvalue weighted by Crippen LogP contribution is 2.29. The van der Waals surface area contributed by atoms with E-state index in [9.17, 15) is 0 Å². The minimum absolute atomic E-state index is 0.268. The zero-order valence-corrected chi connectivity index (χ0v) is 10.8. The predicted octanol–water partition coefficient (Wildman–Crippen LogP) is 2.15. The van der Waals surface area contributed by atoms with Gasteiger partial charge in [-0.1, -0.05) is 29.8 Å². The van der Waals surface area contributed by atoms with Crippen molar-refractivity contribution in [1.82, 2.24) is 9.78 Å². The second-order valence-corrected chi connectivity index (χ2v) is 4.91. The van der Waals surface area contributed by atoms with Crippen LogP contribution in [0.15, 0.2) is 24.4 Å². The smallest absolute Gasteiger partial charge is 0.0837 e. The van der Waals surface area contributed by atoms with Crippen molar-refractivity contribution < 1.29 is 4.74 Å². The van der Waals surface area contributed by atoms with E-state index in [4.69, 9.17) is 22.1 Å². The van der Waals surface area contributed by atoms with Gasteiger partial charge < -0.3 is 10.5 Å². The summed E-state index contributed by atoms with van der Waals surface area (Å²) in [5, 5.41) is 4.71. The molecule has 1 unspecified atom stereocenters. The third-order valence-corrected chi connectivity index (χ3v) is 3.63. The summed E-state index contributed by atoms with van der Waals surface area (Å²) in [4.78, 5) is 0. The van der Waals surface area contributed by atoms with Crippen molar-refractivity contribution in [1.29, 1.82) is 0 Å². The zero-order valence-electron chi connectivity index (χ0n) is 10.1. The molecule has 1 aromatic heterocycles.